The van der Waals surface area contributed by atoms with E-state index in [0.717, 1.165) is 17.5 Å². The molecule has 0 saturated carbocycles. The maximum Gasteiger partial charge on any atom is 0.191 e. The molecule has 2 aromatic carbocycles. The minimum atomic E-state index is 0.227. The zero-order valence-corrected chi connectivity index (χ0v) is 17.2. The van der Waals surface area contributed by atoms with Gasteiger partial charge >= 0.3 is 0 Å². The summed E-state index contributed by atoms with van der Waals surface area (Å²) in [6.45, 7) is 6.58. The van der Waals surface area contributed by atoms with Crippen LogP contribution in [0.5, 0.6) is 11.5 Å². The van der Waals surface area contributed by atoms with Gasteiger partial charge in [-0.15, -0.1) is 0 Å². The molecule has 6 heteroatoms. The molecule has 0 unspecified atom stereocenters. The largest absolute Gasteiger partial charge is 0.497 e. The summed E-state index contributed by atoms with van der Waals surface area (Å²) in [6, 6.07) is 15.9. The first kappa shape index (κ1) is 21.6. The zero-order valence-electron chi connectivity index (χ0n) is 17.2. The highest BCUT2D eigenvalue weighted by molar-refractivity contribution is 5.79. The molecule has 0 spiro atoms. The van der Waals surface area contributed by atoms with Crippen LogP contribution in [0, 0.1) is 0 Å². The van der Waals surface area contributed by atoms with Crippen LogP contribution in [0.25, 0.3) is 0 Å². The predicted molar refractivity (Wildman–Crippen MR) is 113 cm³/mol. The topological polar surface area (TPSA) is 64.1 Å². The van der Waals surface area contributed by atoms with Crippen molar-refractivity contribution in [2.45, 2.75) is 33.1 Å². The van der Waals surface area contributed by atoms with Crippen LogP contribution in [0.15, 0.2) is 53.5 Å². The van der Waals surface area contributed by atoms with Crippen LogP contribution in [-0.2, 0) is 17.9 Å². The van der Waals surface area contributed by atoms with Crippen LogP contribution in [0.2, 0.25) is 0 Å². The molecule has 0 atom stereocenters. The van der Waals surface area contributed by atoms with Crippen molar-refractivity contribution in [3.63, 3.8) is 0 Å². The van der Waals surface area contributed by atoms with Crippen LogP contribution in [-0.4, -0.2) is 39.4 Å². The molecule has 0 bridgehead atoms. The second-order valence-electron chi connectivity index (χ2n) is 6.56. The lowest BCUT2D eigenvalue weighted by molar-refractivity contribution is 0.0657. The minimum absolute atomic E-state index is 0.227. The van der Waals surface area contributed by atoms with E-state index in [-0.39, 0.29) is 6.10 Å². The Balaban J connectivity index is 1.71. The monoisotopic (exact) mass is 385 g/mol. The van der Waals surface area contributed by atoms with Gasteiger partial charge in [0.15, 0.2) is 5.96 Å². The van der Waals surface area contributed by atoms with Gasteiger partial charge in [0.2, 0.25) is 0 Å². The van der Waals surface area contributed by atoms with E-state index in [1.807, 2.05) is 38.1 Å². The van der Waals surface area contributed by atoms with Gasteiger partial charge in [-0.1, -0.05) is 24.3 Å². The van der Waals surface area contributed by atoms with Crippen LogP contribution in [0.3, 0.4) is 0 Å². The Morgan fingerprint density at radius 3 is 2.39 bits per heavy atom. The number of hydrogen-bond acceptors (Lipinski definition) is 4. The molecular weight excluding hydrogens is 354 g/mol. The molecule has 0 aliphatic heterocycles. The van der Waals surface area contributed by atoms with E-state index in [0.29, 0.717) is 26.3 Å². The number of nitrogens with zero attached hydrogens (tertiary/aromatic N) is 1. The van der Waals surface area contributed by atoms with E-state index in [4.69, 9.17) is 14.2 Å². The van der Waals surface area contributed by atoms with Crippen molar-refractivity contribution >= 4 is 5.96 Å². The molecule has 2 N–H and O–H groups in total. The number of hydrogen-bond donors (Lipinski definition) is 2. The van der Waals surface area contributed by atoms with Gasteiger partial charge in [0.05, 0.1) is 26.4 Å². The van der Waals surface area contributed by atoms with Gasteiger partial charge in [-0.25, -0.2) is 0 Å². The average molecular weight is 386 g/mol. The second-order valence-corrected chi connectivity index (χ2v) is 6.56. The van der Waals surface area contributed by atoms with Crippen molar-refractivity contribution in [3.05, 3.63) is 59.7 Å². The van der Waals surface area contributed by atoms with E-state index in [1.165, 1.54) is 11.1 Å². The lowest BCUT2D eigenvalue weighted by Gasteiger charge is -2.13. The quantitative estimate of drug-likeness (QED) is 0.373. The number of aliphatic imine (C=N–C) groups is 1. The van der Waals surface area contributed by atoms with Gasteiger partial charge in [-0.2, -0.15) is 0 Å². The van der Waals surface area contributed by atoms with Crippen LogP contribution in [0.1, 0.15) is 25.0 Å². The Bertz CT molecular complexity index is 730. The second kappa shape index (κ2) is 11.9. The zero-order chi connectivity index (χ0) is 20.2. The van der Waals surface area contributed by atoms with Crippen LogP contribution in [0.4, 0.5) is 0 Å². The summed E-state index contributed by atoms with van der Waals surface area (Å²) >= 11 is 0. The molecule has 0 aromatic heterocycles. The van der Waals surface area contributed by atoms with E-state index in [1.54, 1.807) is 14.2 Å². The number of ether oxygens (including phenoxy) is 3. The fraction of sp³-hybridized carbons (Fsp3) is 0.409. The summed E-state index contributed by atoms with van der Waals surface area (Å²) in [6.07, 6.45) is 0.227. The third-order valence-electron chi connectivity index (χ3n) is 3.98. The van der Waals surface area contributed by atoms with E-state index < -0.39 is 0 Å². The smallest absolute Gasteiger partial charge is 0.191 e. The van der Waals surface area contributed by atoms with Gasteiger partial charge in [-0.3, -0.25) is 4.99 Å². The van der Waals surface area contributed by atoms with Crippen molar-refractivity contribution in [2.75, 3.05) is 27.3 Å². The van der Waals surface area contributed by atoms with E-state index >= 15 is 0 Å². The minimum Gasteiger partial charge on any atom is -0.497 e. The van der Waals surface area contributed by atoms with Crippen molar-refractivity contribution in [2.24, 2.45) is 4.99 Å². The highest BCUT2D eigenvalue weighted by atomic mass is 16.5. The average Bonchev–Trinajstić information content (AvgIpc) is 2.72. The molecular formula is C22H31N3O3. The molecule has 152 valence electrons. The normalized spacial score (nSPS) is 11.4. The Morgan fingerprint density at radius 2 is 1.71 bits per heavy atom. The SMILES string of the molecule is CN=C(NCCOc1ccc(OC)cc1)NCc1cccc(COC(C)C)c1. The van der Waals surface area contributed by atoms with Gasteiger partial charge in [0.25, 0.3) is 0 Å². The Hall–Kier alpha value is -2.73. The number of benzene rings is 2. The fourth-order valence-electron chi connectivity index (χ4n) is 2.51. The Labute approximate surface area is 167 Å². The molecule has 28 heavy (non-hydrogen) atoms. The lowest BCUT2D eigenvalue weighted by atomic mass is 10.1. The molecule has 2 rings (SSSR count). The number of rotatable bonds is 10. The summed E-state index contributed by atoms with van der Waals surface area (Å²) in [5, 5.41) is 6.57. The maximum atomic E-state index is 5.71. The number of guanidine groups is 1. The predicted octanol–water partition coefficient (Wildman–Crippen LogP) is 3.36. The summed E-state index contributed by atoms with van der Waals surface area (Å²) in [5.41, 5.74) is 2.35. The third-order valence-corrected chi connectivity index (χ3v) is 3.98. The maximum absolute atomic E-state index is 5.71. The van der Waals surface area contributed by atoms with Gasteiger partial charge in [0, 0.05) is 13.6 Å². The van der Waals surface area contributed by atoms with Crippen LogP contribution < -0.4 is 20.1 Å². The van der Waals surface area contributed by atoms with Gasteiger partial charge in [-0.05, 0) is 49.2 Å². The highest BCUT2D eigenvalue weighted by Gasteiger charge is 2.02. The van der Waals surface area contributed by atoms with Crippen molar-refractivity contribution in [3.8, 4) is 11.5 Å². The first-order valence-electron chi connectivity index (χ1n) is 9.51. The Kier molecular flexibility index (Phi) is 9.15. The molecule has 0 amide bonds. The molecule has 0 aliphatic rings. The van der Waals surface area contributed by atoms with Crippen LogP contribution >= 0.6 is 0 Å². The summed E-state index contributed by atoms with van der Waals surface area (Å²) in [7, 11) is 3.40. The molecule has 0 saturated heterocycles. The Morgan fingerprint density at radius 1 is 1.00 bits per heavy atom. The number of nitrogens with one attached hydrogen (secondary N) is 2. The highest BCUT2D eigenvalue weighted by Crippen LogP contribution is 2.16. The first-order chi connectivity index (χ1) is 13.6. The summed E-state index contributed by atoms with van der Waals surface area (Å²) < 4.78 is 16.5. The standard InChI is InChI=1S/C22H31N3O3/c1-17(2)28-16-19-7-5-6-18(14-19)15-25-22(23-3)24-12-13-27-21-10-8-20(26-4)9-11-21/h5-11,14,17H,12-13,15-16H2,1-4H3,(H2,23,24,25). The van der Waals surface area contributed by atoms with E-state index in [9.17, 15) is 0 Å². The third kappa shape index (κ3) is 7.88. The van der Waals surface area contributed by atoms with Gasteiger partial charge in [0.1, 0.15) is 18.1 Å². The molecule has 0 radical (unpaired) electrons. The molecule has 0 fully saturated rings. The van der Waals surface area contributed by atoms with E-state index in [2.05, 4.69) is 39.9 Å². The first-order valence-corrected chi connectivity index (χ1v) is 9.51. The summed E-state index contributed by atoms with van der Waals surface area (Å²) in [5.74, 6) is 2.36. The molecule has 0 aliphatic carbocycles. The molecule has 2 aromatic rings. The lowest BCUT2D eigenvalue weighted by Crippen LogP contribution is -2.38. The summed E-state index contributed by atoms with van der Waals surface area (Å²) in [4.78, 5) is 4.25. The van der Waals surface area contributed by atoms with Crippen molar-refractivity contribution in [1.82, 2.24) is 10.6 Å². The molecule has 0 heterocycles. The number of methoxy groups -OCH3 is 1. The van der Waals surface area contributed by atoms with Crippen molar-refractivity contribution in [1.29, 1.82) is 0 Å². The fourth-order valence-corrected chi connectivity index (χ4v) is 2.51. The van der Waals surface area contributed by atoms with Gasteiger partial charge < -0.3 is 24.8 Å². The molecule has 6 nitrogen and oxygen atoms in total. The van der Waals surface area contributed by atoms with Crippen molar-refractivity contribution < 1.29 is 14.2 Å².